The van der Waals surface area contributed by atoms with Gasteiger partial charge in [0.1, 0.15) is 0 Å². The fourth-order valence-corrected chi connectivity index (χ4v) is 3.13. The summed E-state index contributed by atoms with van der Waals surface area (Å²) in [5.41, 5.74) is 2.85. The van der Waals surface area contributed by atoms with Crippen LogP contribution in [-0.2, 0) is 11.2 Å². The number of morpholine rings is 1. The molecule has 2 aliphatic heterocycles. The third-order valence-electron chi connectivity index (χ3n) is 4.21. The van der Waals surface area contributed by atoms with Gasteiger partial charge in [0, 0.05) is 18.8 Å². The van der Waals surface area contributed by atoms with Crippen LogP contribution in [0.1, 0.15) is 18.4 Å². The van der Waals surface area contributed by atoms with Gasteiger partial charge < -0.3 is 15.0 Å². The molecule has 0 aromatic heterocycles. The van der Waals surface area contributed by atoms with Gasteiger partial charge in [-0.2, -0.15) is 0 Å². The number of piperidine rings is 1. The first-order valence-electron chi connectivity index (χ1n) is 7.54. The Morgan fingerprint density at radius 3 is 2.95 bits per heavy atom. The van der Waals surface area contributed by atoms with Crippen molar-refractivity contribution in [1.29, 1.82) is 0 Å². The monoisotopic (exact) mass is 260 g/mol. The van der Waals surface area contributed by atoms with Crippen molar-refractivity contribution in [2.24, 2.45) is 5.92 Å². The van der Waals surface area contributed by atoms with Crippen molar-refractivity contribution in [1.82, 2.24) is 5.32 Å². The lowest BCUT2D eigenvalue weighted by Gasteiger charge is -2.29. The molecule has 1 N–H and O–H groups in total. The highest BCUT2D eigenvalue weighted by atomic mass is 16.5. The first kappa shape index (κ1) is 12.9. The molecule has 3 rings (SSSR count). The second-order valence-corrected chi connectivity index (χ2v) is 5.69. The Balaban J connectivity index is 1.64. The predicted octanol–water partition coefficient (Wildman–Crippen LogP) is 2.07. The standard InChI is InChI=1S/C16H24N2O/c1-3-14(11-15-4-2-6-17-13-15)12-16(5-1)18-7-9-19-10-8-18/h1,3,5,12,15,17H,2,4,6-11,13H2. The van der Waals surface area contributed by atoms with E-state index < -0.39 is 0 Å². The molecule has 1 aromatic carbocycles. The molecule has 3 nitrogen and oxygen atoms in total. The molecule has 0 spiro atoms. The summed E-state index contributed by atoms with van der Waals surface area (Å²) in [6.07, 6.45) is 3.91. The van der Waals surface area contributed by atoms with Crippen LogP contribution in [0.2, 0.25) is 0 Å². The zero-order valence-electron chi connectivity index (χ0n) is 11.6. The van der Waals surface area contributed by atoms with Crippen LogP contribution in [0.3, 0.4) is 0 Å². The van der Waals surface area contributed by atoms with E-state index in [9.17, 15) is 0 Å². The van der Waals surface area contributed by atoms with Gasteiger partial charge in [-0.1, -0.05) is 12.1 Å². The van der Waals surface area contributed by atoms with Gasteiger partial charge in [-0.3, -0.25) is 0 Å². The van der Waals surface area contributed by atoms with Crippen molar-refractivity contribution in [3.63, 3.8) is 0 Å². The van der Waals surface area contributed by atoms with E-state index in [2.05, 4.69) is 34.5 Å². The Labute approximate surface area is 115 Å². The molecular formula is C16H24N2O. The molecule has 0 saturated carbocycles. The minimum Gasteiger partial charge on any atom is -0.378 e. The van der Waals surface area contributed by atoms with E-state index in [0.29, 0.717) is 0 Å². The third-order valence-corrected chi connectivity index (χ3v) is 4.21. The normalized spacial score (nSPS) is 24.4. The molecule has 0 bridgehead atoms. The van der Waals surface area contributed by atoms with Crippen LogP contribution < -0.4 is 10.2 Å². The molecule has 1 atom stereocenters. The van der Waals surface area contributed by atoms with Crippen molar-refractivity contribution < 1.29 is 4.74 Å². The largest absolute Gasteiger partial charge is 0.378 e. The summed E-state index contributed by atoms with van der Waals surface area (Å²) < 4.78 is 5.42. The summed E-state index contributed by atoms with van der Waals surface area (Å²) in [5, 5.41) is 3.51. The minimum atomic E-state index is 0.814. The van der Waals surface area contributed by atoms with Gasteiger partial charge in [0.15, 0.2) is 0 Å². The van der Waals surface area contributed by atoms with Crippen molar-refractivity contribution >= 4 is 5.69 Å². The Hall–Kier alpha value is -1.06. The van der Waals surface area contributed by atoms with E-state index in [0.717, 1.165) is 32.2 Å². The van der Waals surface area contributed by atoms with E-state index in [4.69, 9.17) is 4.74 Å². The highest BCUT2D eigenvalue weighted by Crippen LogP contribution is 2.21. The molecular weight excluding hydrogens is 236 g/mol. The van der Waals surface area contributed by atoms with Crippen molar-refractivity contribution in [2.45, 2.75) is 19.3 Å². The molecule has 2 heterocycles. The lowest BCUT2D eigenvalue weighted by atomic mass is 9.92. The van der Waals surface area contributed by atoms with Gasteiger partial charge in [0.05, 0.1) is 13.2 Å². The summed E-state index contributed by atoms with van der Waals surface area (Å²) >= 11 is 0. The Morgan fingerprint density at radius 1 is 1.26 bits per heavy atom. The Bertz CT molecular complexity index is 395. The van der Waals surface area contributed by atoms with Crippen molar-refractivity contribution in [3.05, 3.63) is 29.8 Å². The van der Waals surface area contributed by atoms with Crippen LogP contribution in [0, 0.1) is 5.92 Å². The quantitative estimate of drug-likeness (QED) is 0.900. The molecule has 1 unspecified atom stereocenters. The van der Waals surface area contributed by atoms with Gasteiger partial charge in [-0.05, 0) is 56.0 Å². The molecule has 0 amide bonds. The molecule has 2 aliphatic rings. The van der Waals surface area contributed by atoms with Gasteiger partial charge in [0.25, 0.3) is 0 Å². The van der Waals surface area contributed by atoms with Gasteiger partial charge in [0.2, 0.25) is 0 Å². The van der Waals surface area contributed by atoms with Crippen molar-refractivity contribution in [2.75, 3.05) is 44.3 Å². The van der Waals surface area contributed by atoms with Crippen LogP contribution >= 0.6 is 0 Å². The van der Waals surface area contributed by atoms with Gasteiger partial charge >= 0.3 is 0 Å². The maximum Gasteiger partial charge on any atom is 0.0642 e. The number of ether oxygens (including phenoxy) is 1. The topological polar surface area (TPSA) is 24.5 Å². The van der Waals surface area contributed by atoms with Crippen LogP contribution in [-0.4, -0.2) is 39.4 Å². The molecule has 1 aromatic rings. The smallest absolute Gasteiger partial charge is 0.0642 e. The molecule has 2 saturated heterocycles. The maximum atomic E-state index is 5.42. The van der Waals surface area contributed by atoms with Crippen LogP contribution in [0.15, 0.2) is 24.3 Å². The van der Waals surface area contributed by atoms with E-state index >= 15 is 0 Å². The number of nitrogens with zero attached hydrogens (tertiary/aromatic N) is 1. The summed E-state index contributed by atoms with van der Waals surface area (Å²) in [4.78, 5) is 2.44. The zero-order chi connectivity index (χ0) is 12.9. The molecule has 0 aliphatic carbocycles. The predicted molar refractivity (Wildman–Crippen MR) is 78.8 cm³/mol. The third kappa shape index (κ3) is 3.48. The first-order chi connectivity index (χ1) is 9.42. The summed E-state index contributed by atoms with van der Waals surface area (Å²) in [6.45, 7) is 6.14. The first-order valence-corrected chi connectivity index (χ1v) is 7.54. The summed E-state index contributed by atoms with van der Waals surface area (Å²) in [5.74, 6) is 0.814. The zero-order valence-corrected chi connectivity index (χ0v) is 11.6. The number of anilines is 1. The number of nitrogens with one attached hydrogen (secondary N) is 1. The second-order valence-electron chi connectivity index (χ2n) is 5.69. The number of benzene rings is 1. The number of rotatable bonds is 3. The van der Waals surface area contributed by atoms with Gasteiger partial charge in [-0.25, -0.2) is 0 Å². The molecule has 19 heavy (non-hydrogen) atoms. The van der Waals surface area contributed by atoms with Crippen molar-refractivity contribution in [3.8, 4) is 0 Å². The molecule has 3 heteroatoms. The van der Waals surface area contributed by atoms with Crippen LogP contribution in [0.5, 0.6) is 0 Å². The summed E-state index contributed by atoms with van der Waals surface area (Å²) in [6, 6.07) is 9.09. The van der Waals surface area contributed by atoms with E-state index in [1.54, 1.807) is 0 Å². The fourth-order valence-electron chi connectivity index (χ4n) is 3.13. The number of hydrogen-bond acceptors (Lipinski definition) is 3. The number of hydrogen-bond donors (Lipinski definition) is 1. The Morgan fingerprint density at radius 2 is 2.16 bits per heavy atom. The van der Waals surface area contributed by atoms with E-state index in [-0.39, 0.29) is 0 Å². The average Bonchev–Trinajstić information content (AvgIpc) is 2.49. The Kier molecular flexibility index (Phi) is 4.36. The second kappa shape index (κ2) is 6.40. The van der Waals surface area contributed by atoms with Crippen LogP contribution in [0.25, 0.3) is 0 Å². The van der Waals surface area contributed by atoms with E-state index in [1.807, 2.05) is 0 Å². The molecule has 2 fully saturated rings. The highest BCUT2D eigenvalue weighted by Gasteiger charge is 2.15. The molecule has 104 valence electrons. The lowest BCUT2D eigenvalue weighted by molar-refractivity contribution is 0.122. The molecule has 0 radical (unpaired) electrons. The van der Waals surface area contributed by atoms with Gasteiger partial charge in [-0.15, -0.1) is 0 Å². The minimum absolute atomic E-state index is 0.814. The fraction of sp³-hybridized carbons (Fsp3) is 0.625. The SMILES string of the molecule is c1cc(CC2CCCNC2)cc(N2CCOCC2)c1. The maximum absolute atomic E-state index is 5.42. The highest BCUT2D eigenvalue weighted by molar-refractivity contribution is 5.49. The van der Waals surface area contributed by atoms with E-state index in [1.165, 1.54) is 43.6 Å². The summed E-state index contributed by atoms with van der Waals surface area (Å²) in [7, 11) is 0. The lowest BCUT2D eigenvalue weighted by Crippen LogP contribution is -2.36. The van der Waals surface area contributed by atoms with Crippen LogP contribution in [0.4, 0.5) is 5.69 Å². The average molecular weight is 260 g/mol.